The number of unbranched alkanes of at least 4 members (excludes halogenated alkanes) is 1. The molecular formula is C24H23ClN8O2. The van der Waals surface area contributed by atoms with Crippen LogP contribution in [0.3, 0.4) is 0 Å². The summed E-state index contributed by atoms with van der Waals surface area (Å²) in [6.07, 6.45) is 6.57. The lowest BCUT2D eigenvalue weighted by molar-refractivity contribution is 0.143. The number of fused-ring (bicyclic) bond motifs is 2. The van der Waals surface area contributed by atoms with Gasteiger partial charge in [-0.05, 0) is 36.1 Å². The fraction of sp³-hybridized carbons (Fsp3) is 0.208. The van der Waals surface area contributed by atoms with E-state index >= 15 is 0 Å². The van der Waals surface area contributed by atoms with Gasteiger partial charge in [0.1, 0.15) is 11.2 Å². The summed E-state index contributed by atoms with van der Waals surface area (Å²) in [5.74, 6) is 0.252. The molecule has 0 aliphatic carbocycles. The second-order valence-electron chi connectivity index (χ2n) is 7.98. The van der Waals surface area contributed by atoms with Crippen LogP contribution in [0.25, 0.3) is 28.1 Å². The Hall–Kier alpha value is -4.18. The largest absolute Gasteiger partial charge is 0.450 e. The van der Waals surface area contributed by atoms with Crippen molar-refractivity contribution in [2.24, 2.45) is 0 Å². The second kappa shape index (κ2) is 9.98. The molecule has 0 saturated heterocycles. The lowest BCUT2D eigenvalue weighted by atomic mass is 10.2. The van der Waals surface area contributed by atoms with Crippen LogP contribution in [0, 0.1) is 0 Å². The molecule has 0 spiro atoms. The zero-order chi connectivity index (χ0) is 24.2. The van der Waals surface area contributed by atoms with Gasteiger partial charge < -0.3 is 24.8 Å². The van der Waals surface area contributed by atoms with Gasteiger partial charge in [0, 0.05) is 31.0 Å². The van der Waals surface area contributed by atoms with Crippen LogP contribution in [-0.4, -0.2) is 41.6 Å². The molecule has 0 aliphatic rings. The van der Waals surface area contributed by atoms with Crippen LogP contribution in [-0.2, 0) is 17.8 Å². The molecule has 5 aromatic rings. The van der Waals surface area contributed by atoms with Gasteiger partial charge in [-0.2, -0.15) is 9.97 Å². The molecule has 4 aromatic heterocycles. The molecule has 4 heterocycles. The summed E-state index contributed by atoms with van der Waals surface area (Å²) in [6, 6.07) is 13.9. The summed E-state index contributed by atoms with van der Waals surface area (Å²) >= 11 is 5.89. The highest BCUT2D eigenvalue weighted by molar-refractivity contribution is 6.28. The van der Waals surface area contributed by atoms with E-state index in [4.69, 9.17) is 22.1 Å². The number of anilines is 1. The Bertz CT molecular complexity index is 1480. The average molecular weight is 491 g/mol. The maximum atomic E-state index is 12.1. The minimum Gasteiger partial charge on any atom is -0.450 e. The zero-order valence-corrected chi connectivity index (χ0v) is 19.5. The van der Waals surface area contributed by atoms with Crippen molar-refractivity contribution in [3.63, 3.8) is 0 Å². The molecule has 11 heteroatoms. The third-order valence-corrected chi connectivity index (χ3v) is 5.68. The molecule has 3 N–H and O–H groups in total. The van der Waals surface area contributed by atoms with Crippen molar-refractivity contribution in [3.05, 3.63) is 72.0 Å². The number of benzene rings is 1. The molecule has 0 fully saturated rings. The van der Waals surface area contributed by atoms with Crippen molar-refractivity contribution in [3.8, 4) is 11.3 Å². The van der Waals surface area contributed by atoms with Crippen LogP contribution in [0.5, 0.6) is 0 Å². The minimum atomic E-state index is -0.457. The van der Waals surface area contributed by atoms with Crippen LogP contribution in [0.4, 0.5) is 10.6 Å². The first kappa shape index (κ1) is 22.6. The van der Waals surface area contributed by atoms with E-state index in [2.05, 4.69) is 25.3 Å². The Balaban J connectivity index is 1.07. The molecule has 178 valence electrons. The number of aryl methyl sites for hydroxylation is 1. The molecule has 0 atom stereocenters. The van der Waals surface area contributed by atoms with Crippen molar-refractivity contribution >= 4 is 40.3 Å². The highest BCUT2D eigenvalue weighted by Gasteiger charge is 2.10. The first-order chi connectivity index (χ1) is 17.1. The molecule has 35 heavy (non-hydrogen) atoms. The molecule has 5 rings (SSSR count). The number of hydrogen-bond donors (Lipinski definition) is 2. The zero-order valence-electron chi connectivity index (χ0n) is 18.8. The maximum Gasteiger partial charge on any atom is 0.407 e. The van der Waals surface area contributed by atoms with E-state index < -0.39 is 6.09 Å². The number of imidazole rings is 2. The molecular weight excluding hydrogens is 468 g/mol. The number of ether oxygens (including phenoxy) is 1. The summed E-state index contributed by atoms with van der Waals surface area (Å²) in [5, 5.41) is 2.87. The smallest absolute Gasteiger partial charge is 0.407 e. The number of halogens is 1. The van der Waals surface area contributed by atoms with E-state index in [0.29, 0.717) is 37.3 Å². The number of nitrogens with one attached hydrogen (secondary N) is 1. The van der Waals surface area contributed by atoms with Gasteiger partial charge in [-0.3, -0.25) is 0 Å². The number of rotatable bonds is 8. The number of alkyl carbamates (subject to hydrolysis) is 1. The molecule has 10 nitrogen and oxygen atoms in total. The van der Waals surface area contributed by atoms with Gasteiger partial charge in [0.15, 0.2) is 11.5 Å². The number of nitrogens with two attached hydrogens (primary N) is 1. The van der Waals surface area contributed by atoms with Gasteiger partial charge >= 0.3 is 6.09 Å². The molecule has 1 amide bonds. The number of amides is 1. The maximum absolute atomic E-state index is 12.1. The van der Waals surface area contributed by atoms with Gasteiger partial charge in [0.2, 0.25) is 5.28 Å². The van der Waals surface area contributed by atoms with E-state index in [-0.39, 0.29) is 11.1 Å². The fourth-order valence-corrected chi connectivity index (χ4v) is 3.94. The summed E-state index contributed by atoms with van der Waals surface area (Å²) < 4.78 is 9.11. The third kappa shape index (κ3) is 5.17. The average Bonchev–Trinajstić information content (AvgIpc) is 3.47. The number of carbonyl (C=O) groups excluding carboxylic acids is 1. The number of carbonyl (C=O) groups is 1. The Kier molecular flexibility index (Phi) is 6.44. The van der Waals surface area contributed by atoms with Crippen molar-refractivity contribution in [1.82, 2.24) is 34.2 Å². The lowest BCUT2D eigenvalue weighted by Crippen LogP contribution is -2.24. The Labute approximate surface area is 205 Å². The molecule has 0 radical (unpaired) electrons. The van der Waals surface area contributed by atoms with Gasteiger partial charge in [-0.15, -0.1) is 0 Å². The van der Waals surface area contributed by atoms with Gasteiger partial charge in [0.05, 0.1) is 18.6 Å². The molecule has 1 aromatic carbocycles. The Morgan fingerprint density at radius 1 is 1.06 bits per heavy atom. The number of hydrogen-bond acceptors (Lipinski definition) is 7. The SMILES string of the molecule is Nc1nc(Cl)nc2c1ncn2CCCCOC(=O)NCc1ccc2nc(-c3ccccc3)cn2c1. The highest BCUT2D eigenvalue weighted by Crippen LogP contribution is 2.20. The predicted octanol–water partition coefficient (Wildman–Crippen LogP) is 4.08. The predicted molar refractivity (Wildman–Crippen MR) is 133 cm³/mol. The van der Waals surface area contributed by atoms with E-state index in [1.807, 2.05) is 63.8 Å². The van der Waals surface area contributed by atoms with Gasteiger partial charge in [0.25, 0.3) is 0 Å². The monoisotopic (exact) mass is 490 g/mol. The number of aromatic nitrogens is 6. The Morgan fingerprint density at radius 3 is 2.77 bits per heavy atom. The summed E-state index contributed by atoms with van der Waals surface area (Å²) in [7, 11) is 0. The molecule has 0 unspecified atom stereocenters. The van der Waals surface area contributed by atoms with Crippen molar-refractivity contribution in [1.29, 1.82) is 0 Å². The Morgan fingerprint density at radius 2 is 1.91 bits per heavy atom. The van der Waals surface area contributed by atoms with E-state index in [1.165, 1.54) is 0 Å². The molecule has 0 aliphatic heterocycles. The second-order valence-corrected chi connectivity index (χ2v) is 8.32. The van der Waals surface area contributed by atoms with Crippen LogP contribution in [0.1, 0.15) is 18.4 Å². The van der Waals surface area contributed by atoms with E-state index in [1.54, 1.807) is 6.33 Å². The molecule has 0 saturated carbocycles. The number of nitrogen functional groups attached to an aromatic ring is 1. The van der Waals surface area contributed by atoms with E-state index in [9.17, 15) is 4.79 Å². The number of pyridine rings is 1. The molecule has 0 bridgehead atoms. The summed E-state index contributed by atoms with van der Waals surface area (Å²) in [6.45, 7) is 1.30. The fourth-order valence-electron chi connectivity index (χ4n) is 3.77. The normalized spacial score (nSPS) is 11.2. The van der Waals surface area contributed by atoms with Crippen LogP contribution >= 0.6 is 11.6 Å². The first-order valence-electron chi connectivity index (χ1n) is 11.1. The standard InChI is InChI=1S/C24H23ClN8O2/c25-23-30-21(26)20-22(31-23)32(15-28-20)10-4-5-11-35-24(34)27-12-16-8-9-19-29-18(14-33(19)13-16)17-6-2-1-3-7-17/h1-3,6-9,13-15H,4-5,10-12H2,(H,27,34)(H2,26,30,31). The summed E-state index contributed by atoms with van der Waals surface area (Å²) in [4.78, 5) is 29.1. The van der Waals surface area contributed by atoms with Crippen molar-refractivity contribution < 1.29 is 9.53 Å². The minimum absolute atomic E-state index is 0.0839. The summed E-state index contributed by atoms with van der Waals surface area (Å²) in [5.41, 5.74) is 10.7. The number of nitrogens with zero attached hydrogens (tertiary/aromatic N) is 6. The van der Waals surface area contributed by atoms with Crippen molar-refractivity contribution in [2.75, 3.05) is 12.3 Å². The van der Waals surface area contributed by atoms with Crippen LogP contribution in [0.2, 0.25) is 5.28 Å². The van der Waals surface area contributed by atoms with Crippen LogP contribution in [0.15, 0.2) is 61.2 Å². The quantitative estimate of drug-likeness (QED) is 0.248. The topological polar surface area (TPSA) is 125 Å². The van der Waals surface area contributed by atoms with Crippen LogP contribution < -0.4 is 11.1 Å². The third-order valence-electron chi connectivity index (χ3n) is 5.51. The van der Waals surface area contributed by atoms with Gasteiger partial charge in [-0.25, -0.2) is 14.8 Å². The van der Waals surface area contributed by atoms with Gasteiger partial charge in [-0.1, -0.05) is 36.4 Å². The highest BCUT2D eigenvalue weighted by atomic mass is 35.5. The lowest BCUT2D eigenvalue weighted by Gasteiger charge is -2.08. The first-order valence-corrected chi connectivity index (χ1v) is 11.5. The van der Waals surface area contributed by atoms with Crippen molar-refractivity contribution in [2.45, 2.75) is 25.9 Å². The van der Waals surface area contributed by atoms with E-state index in [0.717, 1.165) is 28.9 Å².